The third-order valence-corrected chi connectivity index (χ3v) is 1.78. The van der Waals surface area contributed by atoms with Crippen LogP contribution < -0.4 is 9.84 Å². The molecule has 0 aromatic heterocycles. The molecule has 80 valence electrons. The second kappa shape index (κ2) is 5.05. The summed E-state index contributed by atoms with van der Waals surface area (Å²) in [6, 6.07) is 6.28. The molecule has 0 radical (unpaired) electrons. The molecule has 0 saturated heterocycles. The third kappa shape index (κ3) is 3.72. The monoisotopic (exact) mass is 207 g/mol. The van der Waals surface area contributed by atoms with Crippen LogP contribution in [-0.4, -0.2) is 17.7 Å². The number of hydrogen-bond acceptors (Lipinski definition) is 4. The van der Waals surface area contributed by atoms with Gasteiger partial charge < -0.3 is 19.7 Å². The van der Waals surface area contributed by atoms with Crippen molar-refractivity contribution in [3.63, 3.8) is 0 Å². The molecule has 0 saturated carbocycles. The van der Waals surface area contributed by atoms with Gasteiger partial charge in [-0.3, -0.25) is 0 Å². The van der Waals surface area contributed by atoms with Crippen LogP contribution in [-0.2, 0) is 4.79 Å². The van der Waals surface area contributed by atoms with E-state index in [4.69, 9.17) is 9.84 Å². The maximum atomic E-state index is 10.3. The van der Waals surface area contributed by atoms with E-state index in [1.165, 1.54) is 25.1 Å². The number of carboxylic acids is 1. The van der Waals surface area contributed by atoms with Gasteiger partial charge in [0.1, 0.15) is 18.1 Å². The lowest BCUT2D eigenvalue weighted by Gasteiger charge is -2.05. The van der Waals surface area contributed by atoms with E-state index in [1.54, 1.807) is 12.1 Å². The number of carbonyl (C=O) groups is 1. The zero-order valence-corrected chi connectivity index (χ0v) is 8.27. The van der Waals surface area contributed by atoms with Crippen LogP contribution in [0.4, 0.5) is 0 Å². The average molecular weight is 207 g/mol. The number of rotatable bonds is 4. The number of phenolic OH excluding ortho intramolecular Hbond substituents is 1. The van der Waals surface area contributed by atoms with Crippen LogP contribution in [0.15, 0.2) is 35.9 Å². The van der Waals surface area contributed by atoms with Gasteiger partial charge in [0.05, 0.1) is 5.97 Å². The van der Waals surface area contributed by atoms with E-state index >= 15 is 0 Å². The van der Waals surface area contributed by atoms with Crippen LogP contribution >= 0.6 is 0 Å². The molecule has 1 N–H and O–H groups in total. The Morgan fingerprint density at radius 1 is 1.60 bits per heavy atom. The van der Waals surface area contributed by atoms with Gasteiger partial charge in [0.2, 0.25) is 0 Å². The Balaban J connectivity index is 2.51. The second-order valence-corrected chi connectivity index (χ2v) is 2.98. The van der Waals surface area contributed by atoms with Crippen molar-refractivity contribution in [3.05, 3.63) is 35.9 Å². The van der Waals surface area contributed by atoms with Crippen LogP contribution in [0.1, 0.15) is 6.92 Å². The van der Waals surface area contributed by atoms with Gasteiger partial charge in [-0.15, -0.1) is 0 Å². The summed E-state index contributed by atoms with van der Waals surface area (Å²) in [5.41, 5.74) is 0.121. The number of phenols is 1. The molecule has 15 heavy (non-hydrogen) atoms. The topological polar surface area (TPSA) is 69.6 Å². The van der Waals surface area contributed by atoms with Crippen molar-refractivity contribution >= 4 is 5.97 Å². The van der Waals surface area contributed by atoms with Gasteiger partial charge in [-0.2, -0.15) is 0 Å². The largest absolute Gasteiger partial charge is 0.545 e. The van der Waals surface area contributed by atoms with E-state index < -0.39 is 5.97 Å². The van der Waals surface area contributed by atoms with Gasteiger partial charge >= 0.3 is 0 Å². The molecule has 0 amide bonds. The minimum absolute atomic E-state index is 0.105. The summed E-state index contributed by atoms with van der Waals surface area (Å²) in [5, 5.41) is 19.4. The Bertz CT molecular complexity index is 382. The summed E-state index contributed by atoms with van der Waals surface area (Å²) in [6.45, 7) is 1.56. The van der Waals surface area contributed by atoms with Crippen molar-refractivity contribution in [2.75, 3.05) is 6.61 Å². The number of carbonyl (C=O) groups excluding carboxylic acids is 1. The molecular formula is C11H11O4-. The molecule has 0 atom stereocenters. The quantitative estimate of drug-likeness (QED) is 0.728. The van der Waals surface area contributed by atoms with E-state index in [0.717, 1.165) is 0 Å². The standard InChI is InChI=1S/C11H12O4/c1-8(11(13)14)5-6-15-10-4-2-3-9(12)7-10/h2-5,7,12H,6H2,1H3,(H,13,14)/p-1/b8-5+. The van der Waals surface area contributed by atoms with E-state index in [1.807, 2.05) is 0 Å². The summed E-state index contributed by atoms with van der Waals surface area (Å²) >= 11 is 0. The molecule has 0 aliphatic rings. The Labute approximate surface area is 87.4 Å². The van der Waals surface area contributed by atoms with E-state index in [2.05, 4.69) is 0 Å². The lowest BCUT2D eigenvalue weighted by atomic mass is 10.3. The number of aliphatic carboxylic acids is 1. The number of hydrogen-bond donors (Lipinski definition) is 1. The first kappa shape index (κ1) is 11.1. The molecule has 1 aromatic carbocycles. The minimum Gasteiger partial charge on any atom is -0.545 e. The molecule has 0 unspecified atom stereocenters. The fourth-order valence-corrected chi connectivity index (χ4v) is 0.920. The lowest BCUT2D eigenvalue weighted by Crippen LogP contribution is -2.23. The minimum atomic E-state index is -1.21. The van der Waals surface area contributed by atoms with E-state index in [0.29, 0.717) is 5.75 Å². The molecular weight excluding hydrogens is 196 g/mol. The molecule has 0 spiro atoms. The fourth-order valence-electron chi connectivity index (χ4n) is 0.920. The van der Waals surface area contributed by atoms with E-state index in [9.17, 15) is 9.90 Å². The summed E-state index contributed by atoms with van der Waals surface area (Å²) in [4.78, 5) is 10.3. The predicted molar refractivity (Wildman–Crippen MR) is 52.4 cm³/mol. The number of carboxylic acid groups (broad SMARTS) is 1. The zero-order valence-electron chi connectivity index (χ0n) is 8.27. The fraction of sp³-hybridized carbons (Fsp3) is 0.182. The Kier molecular flexibility index (Phi) is 3.74. The smallest absolute Gasteiger partial charge is 0.123 e. The van der Waals surface area contributed by atoms with Crippen molar-refractivity contribution in [2.45, 2.75) is 6.92 Å². The third-order valence-electron chi connectivity index (χ3n) is 1.78. The lowest BCUT2D eigenvalue weighted by molar-refractivity contribution is -0.299. The first-order valence-corrected chi connectivity index (χ1v) is 4.39. The van der Waals surface area contributed by atoms with Gasteiger partial charge in [0, 0.05) is 6.07 Å². The number of ether oxygens (including phenoxy) is 1. The van der Waals surface area contributed by atoms with Crippen molar-refractivity contribution in [1.82, 2.24) is 0 Å². The molecule has 4 nitrogen and oxygen atoms in total. The van der Waals surface area contributed by atoms with Crippen molar-refractivity contribution < 1.29 is 19.7 Å². The highest BCUT2D eigenvalue weighted by Gasteiger charge is 1.94. The molecule has 0 bridgehead atoms. The summed E-state index contributed by atoms with van der Waals surface area (Å²) in [6.07, 6.45) is 1.40. The molecule has 0 fully saturated rings. The van der Waals surface area contributed by atoms with Crippen LogP contribution in [0.3, 0.4) is 0 Å². The van der Waals surface area contributed by atoms with Crippen molar-refractivity contribution in [1.29, 1.82) is 0 Å². The van der Waals surface area contributed by atoms with Crippen LogP contribution in [0.2, 0.25) is 0 Å². The first-order chi connectivity index (χ1) is 7.09. The highest BCUT2D eigenvalue weighted by atomic mass is 16.5. The number of benzene rings is 1. The van der Waals surface area contributed by atoms with E-state index in [-0.39, 0.29) is 17.9 Å². The zero-order chi connectivity index (χ0) is 11.3. The predicted octanol–water partition coefficient (Wildman–Crippen LogP) is 0.467. The second-order valence-electron chi connectivity index (χ2n) is 2.98. The van der Waals surface area contributed by atoms with Crippen LogP contribution in [0.25, 0.3) is 0 Å². The maximum absolute atomic E-state index is 10.3. The van der Waals surface area contributed by atoms with Gasteiger partial charge in [-0.25, -0.2) is 0 Å². The highest BCUT2D eigenvalue weighted by Crippen LogP contribution is 2.17. The molecule has 0 heterocycles. The maximum Gasteiger partial charge on any atom is 0.123 e. The normalized spacial score (nSPS) is 11.1. The van der Waals surface area contributed by atoms with Gasteiger partial charge in [-0.05, 0) is 30.7 Å². The molecule has 0 aliphatic heterocycles. The first-order valence-electron chi connectivity index (χ1n) is 4.39. The molecule has 0 aliphatic carbocycles. The number of aromatic hydroxyl groups is 1. The SMILES string of the molecule is C/C(=C\COc1cccc(O)c1)C(=O)[O-]. The summed E-state index contributed by atoms with van der Waals surface area (Å²) < 4.78 is 5.18. The van der Waals surface area contributed by atoms with Gasteiger partial charge in [0.15, 0.2) is 0 Å². The summed E-state index contributed by atoms with van der Waals surface area (Å²) in [7, 11) is 0. The molecule has 4 heteroatoms. The van der Waals surface area contributed by atoms with Crippen LogP contribution in [0.5, 0.6) is 11.5 Å². The Morgan fingerprint density at radius 2 is 2.33 bits per heavy atom. The Hall–Kier alpha value is -1.97. The molecule has 1 aromatic rings. The van der Waals surface area contributed by atoms with Crippen molar-refractivity contribution in [3.8, 4) is 11.5 Å². The van der Waals surface area contributed by atoms with Crippen molar-refractivity contribution in [2.24, 2.45) is 0 Å². The van der Waals surface area contributed by atoms with Crippen LogP contribution in [0, 0.1) is 0 Å². The Morgan fingerprint density at radius 3 is 2.93 bits per heavy atom. The van der Waals surface area contributed by atoms with Gasteiger partial charge in [-0.1, -0.05) is 6.07 Å². The highest BCUT2D eigenvalue weighted by molar-refractivity contribution is 5.83. The average Bonchev–Trinajstić information content (AvgIpc) is 2.17. The molecule has 1 rings (SSSR count). The summed E-state index contributed by atoms with van der Waals surface area (Å²) in [5.74, 6) is -0.625. The van der Waals surface area contributed by atoms with Gasteiger partial charge in [0.25, 0.3) is 0 Å².